The van der Waals surface area contributed by atoms with E-state index in [1.165, 1.54) is 0 Å². The highest BCUT2D eigenvalue weighted by Gasteiger charge is 2.25. The quantitative estimate of drug-likeness (QED) is 0.583. The average Bonchev–Trinajstić information content (AvgIpc) is 2.63. The van der Waals surface area contributed by atoms with Gasteiger partial charge in [0.15, 0.2) is 0 Å². The molecule has 0 fully saturated rings. The van der Waals surface area contributed by atoms with Crippen molar-refractivity contribution in [3.05, 3.63) is 79.6 Å². The van der Waals surface area contributed by atoms with Crippen LogP contribution in [0.15, 0.2) is 47.3 Å². The van der Waals surface area contributed by atoms with Crippen LogP contribution in [0.4, 0.5) is 0 Å². The Morgan fingerprint density at radius 3 is 2.32 bits per heavy atom. The van der Waals surface area contributed by atoms with Crippen molar-refractivity contribution in [2.24, 2.45) is 0 Å². The number of rotatable bonds is 4. The van der Waals surface area contributed by atoms with E-state index in [0.29, 0.717) is 44.7 Å². The van der Waals surface area contributed by atoms with Gasteiger partial charge in [0.2, 0.25) is 5.43 Å². The van der Waals surface area contributed by atoms with E-state index in [-0.39, 0.29) is 5.56 Å². The highest BCUT2D eigenvalue weighted by molar-refractivity contribution is 6.42. The van der Waals surface area contributed by atoms with Crippen LogP contribution >= 0.6 is 23.2 Å². The standard InChI is InChI=1S/C22H19Cl2NO3/c1-4-25-13(3)18(14-7-5-6-12(2)10-14)21(26)19(22(27)28)20(25)15-8-9-16(23)17(24)11-15/h5-11H,4H2,1-3H3,(H,27,28). The predicted molar refractivity (Wildman–Crippen MR) is 114 cm³/mol. The summed E-state index contributed by atoms with van der Waals surface area (Å²) in [5.41, 5.74) is 2.86. The Bertz CT molecular complexity index is 1150. The number of aromatic carboxylic acids is 1. The fraction of sp³-hybridized carbons (Fsp3) is 0.182. The van der Waals surface area contributed by atoms with Gasteiger partial charge < -0.3 is 9.67 Å². The minimum atomic E-state index is -1.28. The smallest absolute Gasteiger partial charge is 0.341 e. The number of pyridine rings is 1. The fourth-order valence-corrected chi connectivity index (χ4v) is 3.81. The third-order valence-electron chi connectivity index (χ3n) is 4.76. The highest BCUT2D eigenvalue weighted by Crippen LogP contribution is 2.33. The first-order chi connectivity index (χ1) is 13.3. The van der Waals surface area contributed by atoms with E-state index in [1.807, 2.05) is 49.6 Å². The summed E-state index contributed by atoms with van der Waals surface area (Å²) < 4.78 is 1.84. The van der Waals surface area contributed by atoms with Crippen molar-refractivity contribution in [3.8, 4) is 22.4 Å². The van der Waals surface area contributed by atoms with Gasteiger partial charge in [-0.25, -0.2) is 4.79 Å². The molecule has 0 aliphatic rings. The van der Waals surface area contributed by atoms with Crippen LogP contribution in [0, 0.1) is 13.8 Å². The van der Waals surface area contributed by atoms with E-state index in [4.69, 9.17) is 23.2 Å². The Balaban J connectivity index is 2.46. The summed E-state index contributed by atoms with van der Waals surface area (Å²) in [5.74, 6) is -1.28. The Hall–Kier alpha value is -2.56. The Morgan fingerprint density at radius 2 is 1.75 bits per heavy atom. The molecule has 4 nitrogen and oxygen atoms in total. The molecule has 0 saturated heterocycles. The number of hydrogen-bond donors (Lipinski definition) is 1. The van der Waals surface area contributed by atoms with E-state index in [9.17, 15) is 14.7 Å². The third kappa shape index (κ3) is 3.46. The van der Waals surface area contributed by atoms with Gasteiger partial charge in [0.1, 0.15) is 5.56 Å². The molecule has 0 aliphatic carbocycles. The SMILES string of the molecule is CCn1c(C)c(-c2cccc(C)c2)c(=O)c(C(=O)O)c1-c1ccc(Cl)c(Cl)c1. The first-order valence-corrected chi connectivity index (χ1v) is 9.55. The number of benzene rings is 2. The molecule has 0 bridgehead atoms. The number of carboxylic acids is 1. The summed E-state index contributed by atoms with van der Waals surface area (Å²) in [4.78, 5) is 25.4. The second kappa shape index (κ2) is 7.82. The molecule has 28 heavy (non-hydrogen) atoms. The summed E-state index contributed by atoms with van der Waals surface area (Å²) in [6.07, 6.45) is 0. The van der Waals surface area contributed by atoms with Crippen LogP contribution < -0.4 is 5.43 Å². The van der Waals surface area contributed by atoms with Crippen molar-refractivity contribution in [2.75, 3.05) is 0 Å². The van der Waals surface area contributed by atoms with Gasteiger partial charge in [0, 0.05) is 23.4 Å². The van der Waals surface area contributed by atoms with E-state index < -0.39 is 11.4 Å². The highest BCUT2D eigenvalue weighted by atomic mass is 35.5. The number of aromatic nitrogens is 1. The molecule has 0 aliphatic heterocycles. The van der Waals surface area contributed by atoms with Gasteiger partial charge in [-0.3, -0.25) is 4.79 Å². The molecule has 0 amide bonds. The van der Waals surface area contributed by atoms with Crippen molar-refractivity contribution in [1.29, 1.82) is 0 Å². The number of aryl methyl sites for hydroxylation is 1. The van der Waals surface area contributed by atoms with Gasteiger partial charge in [-0.2, -0.15) is 0 Å². The zero-order chi connectivity index (χ0) is 20.6. The zero-order valence-electron chi connectivity index (χ0n) is 15.7. The predicted octanol–water partition coefficient (Wildman–Crippen LogP) is 5.82. The number of hydrogen-bond acceptors (Lipinski definition) is 2. The van der Waals surface area contributed by atoms with Crippen molar-refractivity contribution >= 4 is 29.2 Å². The molecular formula is C22H19Cl2NO3. The number of nitrogens with zero attached hydrogens (tertiary/aromatic N) is 1. The van der Waals surface area contributed by atoms with Crippen molar-refractivity contribution < 1.29 is 9.90 Å². The van der Waals surface area contributed by atoms with Gasteiger partial charge in [0.05, 0.1) is 15.7 Å². The summed E-state index contributed by atoms with van der Waals surface area (Å²) in [7, 11) is 0. The maximum Gasteiger partial charge on any atom is 0.341 e. The molecule has 1 heterocycles. The lowest BCUT2D eigenvalue weighted by molar-refractivity contribution is 0.0695. The van der Waals surface area contributed by atoms with Crippen LogP contribution in [-0.2, 0) is 6.54 Å². The molecule has 1 N–H and O–H groups in total. The molecular weight excluding hydrogens is 397 g/mol. The first kappa shape index (κ1) is 20.2. The summed E-state index contributed by atoms with van der Waals surface area (Å²) in [6, 6.07) is 12.3. The molecule has 0 radical (unpaired) electrons. The lowest BCUT2D eigenvalue weighted by atomic mass is 9.95. The van der Waals surface area contributed by atoms with Gasteiger partial charge in [-0.15, -0.1) is 0 Å². The maximum atomic E-state index is 13.3. The summed E-state index contributed by atoms with van der Waals surface area (Å²) >= 11 is 12.2. The number of halogens is 2. The lowest BCUT2D eigenvalue weighted by Crippen LogP contribution is -2.25. The Kier molecular flexibility index (Phi) is 5.64. The molecule has 0 saturated carbocycles. The van der Waals surface area contributed by atoms with Crippen molar-refractivity contribution in [1.82, 2.24) is 4.57 Å². The Morgan fingerprint density at radius 1 is 1.04 bits per heavy atom. The average molecular weight is 416 g/mol. The van der Waals surface area contributed by atoms with Crippen LogP contribution in [0.2, 0.25) is 10.0 Å². The van der Waals surface area contributed by atoms with Gasteiger partial charge in [-0.1, -0.05) is 59.1 Å². The molecule has 0 unspecified atom stereocenters. The van der Waals surface area contributed by atoms with Gasteiger partial charge >= 0.3 is 5.97 Å². The molecule has 3 aromatic rings. The molecule has 1 aromatic heterocycles. The van der Waals surface area contributed by atoms with Gasteiger partial charge in [-0.05, 0) is 38.5 Å². The normalized spacial score (nSPS) is 10.9. The first-order valence-electron chi connectivity index (χ1n) is 8.79. The topological polar surface area (TPSA) is 59.3 Å². The third-order valence-corrected chi connectivity index (χ3v) is 5.50. The monoisotopic (exact) mass is 415 g/mol. The molecule has 144 valence electrons. The van der Waals surface area contributed by atoms with E-state index in [1.54, 1.807) is 18.2 Å². The second-order valence-electron chi connectivity index (χ2n) is 6.56. The molecule has 6 heteroatoms. The number of carbonyl (C=O) groups is 1. The summed E-state index contributed by atoms with van der Waals surface area (Å²) in [5, 5.41) is 10.6. The van der Waals surface area contributed by atoms with Crippen molar-refractivity contribution in [3.63, 3.8) is 0 Å². The summed E-state index contributed by atoms with van der Waals surface area (Å²) in [6.45, 7) is 6.15. The molecule has 2 aromatic carbocycles. The Labute approximate surface area is 173 Å². The number of carboxylic acid groups (broad SMARTS) is 1. The molecule has 0 atom stereocenters. The molecule has 0 spiro atoms. The lowest BCUT2D eigenvalue weighted by Gasteiger charge is -2.21. The van der Waals surface area contributed by atoms with Gasteiger partial charge in [0.25, 0.3) is 0 Å². The minimum absolute atomic E-state index is 0.276. The zero-order valence-corrected chi connectivity index (χ0v) is 17.2. The van der Waals surface area contributed by atoms with E-state index in [0.717, 1.165) is 5.56 Å². The van der Waals surface area contributed by atoms with Crippen LogP contribution in [0.1, 0.15) is 28.5 Å². The van der Waals surface area contributed by atoms with Crippen molar-refractivity contribution in [2.45, 2.75) is 27.3 Å². The fourth-order valence-electron chi connectivity index (χ4n) is 3.51. The second-order valence-corrected chi connectivity index (χ2v) is 7.38. The van der Waals surface area contributed by atoms with Crippen LogP contribution in [0.5, 0.6) is 0 Å². The maximum absolute atomic E-state index is 13.3. The van der Waals surface area contributed by atoms with E-state index in [2.05, 4.69) is 0 Å². The minimum Gasteiger partial charge on any atom is -0.477 e. The van der Waals surface area contributed by atoms with Crippen LogP contribution in [0.3, 0.4) is 0 Å². The van der Waals surface area contributed by atoms with Crippen LogP contribution in [-0.4, -0.2) is 15.6 Å². The molecule has 3 rings (SSSR count). The van der Waals surface area contributed by atoms with E-state index >= 15 is 0 Å². The van der Waals surface area contributed by atoms with Crippen LogP contribution in [0.25, 0.3) is 22.4 Å². The largest absolute Gasteiger partial charge is 0.477 e.